The van der Waals surface area contributed by atoms with Crippen molar-refractivity contribution < 1.29 is 0 Å². The Labute approximate surface area is 151 Å². The molecular formula is C22H31N3. The first-order chi connectivity index (χ1) is 12.3. The van der Waals surface area contributed by atoms with Crippen LogP contribution in [0.2, 0.25) is 0 Å². The van der Waals surface area contributed by atoms with Gasteiger partial charge < -0.3 is 9.88 Å². The molecule has 0 amide bonds. The molecule has 2 heterocycles. The molecule has 25 heavy (non-hydrogen) atoms. The topological polar surface area (TPSA) is 29.9 Å². The fraction of sp³-hybridized carbons (Fsp3) is 0.591. The zero-order valence-corrected chi connectivity index (χ0v) is 15.5. The van der Waals surface area contributed by atoms with Gasteiger partial charge in [-0.1, -0.05) is 56.5 Å². The maximum Gasteiger partial charge on any atom is 0.109 e. The molecule has 2 aliphatic rings. The van der Waals surface area contributed by atoms with Gasteiger partial charge in [-0.05, 0) is 31.6 Å². The fourth-order valence-electron chi connectivity index (χ4n) is 4.75. The maximum atomic E-state index is 4.88. The molecule has 2 atom stereocenters. The average molecular weight is 338 g/mol. The molecule has 3 nitrogen and oxygen atoms in total. The lowest BCUT2D eigenvalue weighted by Crippen LogP contribution is -2.46. The third-order valence-electron chi connectivity index (χ3n) is 6.17. The number of hydrogen-bond donors (Lipinski definition) is 1. The summed E-state index contributed by atoms with van der Waals surface area (Å²) >= 11 is 0. The van der Waals surface area contributed by atoms with Crippen molar-refractivity contribution in [3.63, 3.8) is 0 Å². The first kappa shape index (κ1) is 16.8. The lowest BCUT2D eigenvalue weighted by molar-refractivity contribution is 0.227. The summed E-state index contributed by atoms with van der Waals surface area (Å²) in [5, 5.41) is 4.02. The van der Waals surface area contributed by atoms with Gasteiger partial charge in [-0.25, -0.2) is 4.98 Å². The van der Waals surface area contributed by atoms with E-state index >= 15 is 0 Å². The summed E-state index contributed by atoms with van der Waals surface area (Å²) in [5.41, 5.74) is 2.35. The minimum Gasteiger partial charge on any atom is -0.333 e. The second-order valence-corrected chi connectivity index (χ2v) is 7.88. The maximum absolute atomic E-state index is 4.88. The van der Waals surface area contributed by atoms with Gasteiger partial charge in [0.2, 0.25) is 0 Å². The molecule has 0 spiro atoms. The minimum absolute atomic E-state index is 0.595. The molecule has 1 aliphatic carbocycles. The van der Waals surface area contributed by atoms with Crippen LogP contribution in [0, 0.1) is 5.92 Å². The van der Waals surface area contributed by atoms with Crippen LogP contribution < -0.4 is 5.32 Å². The lowest BCUT2D eigenvalue weighted by Gasteiger charge is -2.35. The van der Waals surface area contributed by atoms with Crippen LogP contribution in [0.4, 0.5) is 0 Å². The molecule has 1 saturated carbocycles. The standard InChI is InChI=1S/C22H31N3/c1-2-20(17-9-5-3-6-10-17)23-19-13-14-22-24-21(16-25(22)15-19)18-11-7-4-8-12-18/h4,7-8,11-12,16-17,19-20,23H,2-3,5-6,9-10,13-15H2,1H3. The van der Waals surface area contributed by atoms with E-state index in [9.17, 15) is 0 Å². The first-order valence-electron chi connectivity index (χ1n) is 10.2. The average Bonchev–Trinajstić information content (AvgIpc) is 3.11. The molecule has 2 unspecified atom stereocenters. The summed E-state index contributed by atoms with van der Waals surface area (Å²) in [7, 11) is 0. The Balaban J connectivity index is 1.43. The molecule has 1 aromatic heterocycles. The smallest absolute Gasteiger partial charge is 0.109 e. The van der Waals surface area contributed by atoms with Gasteiger partial charge in [0, 0.05) is 36.8 Å². The monoisotopic (exact) mass is 337 g/mol. The van der Waals surface area contributed by atoms with E-state index in [1.54, 1.807) is 0 Å². The molecular weight excluding hydrogens is 306 g/mol. The summed E-state index contributed by atoms with van der Waals surface area (Å²) in [6, 6.07) is 11.8. The van der Waals surface area contributed by atoms with E-state index < -0.39 is 0 Å². The van der Waals surface area contributed by atoms with Gasteiger partial charge in [0.25, 0.3) is 0 Å². The van der Waals surface area contributed by atoms with E-state index in [1.807, 2.05) is 0 Å². The highest BCUT2D eigenvalue weighted by Crippen LogP contribution is 2.29. The Bertz CT molecular complexity index is 670. The molecule has 1 aliphatic heterocycles. The summed E-state index contributed by atoms with van der Waals surface area (Å²) in [6.07, 6.45) is 13.0. The van der Waals surface area contributed by atoms with E-state index in [2.05, 4.69) is 53.3 Å². The molecule has 0 saturated heterocycles. The van der Waals surface area contributed by atoms with Gasteiger partial charge in [-0.15, -0.1) is 0 Å². The Hall–Kier alpha value is -1.61. The minimum atomic E-state index is 0.595. The van der Waals surface area contributed by atoms with Crippen LogP contribution in [-0.4, -0.2) is 21.6 Å². The van der Waals surface area contributed by atoms with Crippen molar-refractivity contribution in [3.05, 3.63) is 42.4 Å². The van der Waals surface area contributed by atoms with Crippen molar-refractivity contribution in [2.75, 3.05) is 0 Å². The SMILES string of the molecule is CCC(NC1CCc2nc(-c3ccccc3)cn2C1)C1CCCCC1. The highest BCUT2D eigenvalue weighted by Gasteiger charge is 2.27. The third-order valence-corrected chi connectivity index (χ3v) is 6.17. The van der Waals surface area contributed by atoms with Crippen LogP contribution >= 0.6 is 0 Å². The van der Waals surface area contributed by atoms with E-state index in [-0.39, 0.29) is 0 Å². The van der Waals surface area contributed by atoms with Crippen molar-refractivity contribution >= 4 is 0 Å². The number of nitrogens with one attached hydrogen (secondary N) is 1. The van der Waals surface area contributed by atoms with E-state index in [0.717, 1.165) is 24.6 Å². The van der Waals surface area contributed by atoms with Crippen LogP contribution in [-0.2, 0) is 13.0 Å². The predicted molar refractivity (Wildman–Crippen MR) is 104 cm³/mol. The number of aromatic nitrogens is 2. The van der Waals surface area contributed by atoms with Crippen LogP contribution in [0.25, 0.3) is 11.3 Å². The van der Waals surface area contributed by atoms with Crippen molar-refractivity contribution in [3.8, 4) is 11.3 Å². The number of benzene rings is 1. The van der Waals surface area contributed by atoms with Crippen molar-refractivity contribution in [2.45, 2.75) is 76.9 Å². The summed E-state index contributed by atoms with van der Waals surface area (Å²) in [4.78, 5) is 4.88. The lowest BCUT2D eigenvalue weighted by atomic mass is 9.82. The zero-order chi connectivity index (χ0) is 17.1. The zero-order valence-electron chi connectivity index (χ0n) is 15.5. The highest BCUT2D eigenvalue weighted by molar-refractivity contribution is 5.58. The summed E-state index contributed by atoms with van der Waals surface area (Å²) < 4.78 is 2.39. The molecule has 0 radical (unpaired) electrons. The Morgan fingerprint density at radius 3 is 2.68 bits per heavy atom. The van der Waals surface area contributed by atoms with Gasteiger partial charge in [0.15, 0.2) is 0 Å². The van der Waals surface area contributed by atoms with E-state index in [1.165, 1.54) is 56.3 Å². The normalized spacial score (nSPS) is 22.5. The summed E-state index contributed by atoms with van der Waals surface area (Å²) in [5.74, 6) is 2.14. The Morgan fingerprint density at radius 1 is 1.12 bits per heavy atom. The highest BCUT2D eigenvalue weighted by atomic mass is 15.1. The van der Waals surface area contributed by atoms with Crippen molar-refractivity contribution in [1.29, 1.82) is 0 Å². The van der Waals surface area contributed by atoms with Crippen LogP contribution in [0.15, 0.2) is 36.5 Å². The quantitative estimate of drug-likeness (QED) is 0.848. The van der Waals surface area contributed by atoms with Gasteiger partial charge in [0.1, 0.15) is 5.82 Å². The molecule has 1 aromatic carbocycles. The molecule has 2 aromatic rings. The van der Waals surface area contributed by atoms with Gasteiger partial charge in [-0.3, -0.25) is 0 Å². The first-order valence-corrected chi connectivity index (χ1v) is 10.2. The number of aryl methyl sites for hydroxylation is 1. The Kier molecular flexibility index (Phi) is 5.21. The second-order valence-electron chi connectivity index (χ2n) is 7.88. The van der Waals surface area contributed by atoms with Crippen molar-refractivity contribution in [1.82, 2.24) is 14.9 Å². The molecule has 0 bridgehead atoms. The van der Waals surface area contributed by atoms with E-state index in [4.69, 9.17) is 4.98 Å². The molecule has 3 heteroatoms. The molecule has 134 valence electrons. The summed E-state index contributed by atoms with van der Waals surface area (Å²) in [6.45, 7) is 3.42. The van der Waals surface area contributed by atoms with Gasteiger partial charge >= 0.3 is 0 Å². The number of fused-ring (bicyclic) bond motifs is 1. The molecule has 1 fully saturated rings. The number of hydrogen-bond acceptors (Lipinski definition) is 2. The number of rotatable bonds is 5. The van der Waals surface area contributed by atoms with Crippen molar-refractivity contribution in [2.24, 2.45) is 5.92 Å². The third kappa shape index (κ3) is 3.82. The second kappa shape index (κ2) is 7.74. The largest absolute Gasteiger partial charge is 0.333 e. The van der Waals surface area contributed by atoms with Gasteiger partial charge in [-0.2, -0.15) is 0 Å². The predicted octanol–water partition coefficient (Wildman–Crippen LogP) is 4.81. The number of imidazole rings is 1. The fourth-order valence-corrected chi connectivity index (χ4v) is 4.75. The Morgan fingerprint density at radius 2 is 1.92 bits per heavy atom. The van der Waals surface area contributed by atoms with Crippen LogP contribution in [0.3, 0.4) is 0 Å². The molecule has 1 N–H and O–H groups in total. The number of nitrogens with zero attached hydrogens (tertiary/aromatic N) is 2. The van der Waals surface area contributed by atoms with E-state index in [0.29, 0.717) is 12.1 Å². The van der Waals surface area contributed by atoms with Gasteiger partial charge in [0.05, 0.1) is 5.69 Å². The van der Waals surface area contributed by atoms with Crippen LogP contribution in [0.5, 0.6) is 0 Å². The molecule has 4 rings (SSSR count). The van der Waals surface area contributed by atoms with Crippen LogP contribution in [0.1, 0.15) is 57.7 Å².